The lowest BCUT2D eigenvalue weighted by Crippen LogP contribution is -2.22. The summed E-state index contributed by atoms with van der Waals surface area (Å²) in [6.45, 7) is 1.96. The van der Waals surface area contributed by atoms with E-state index in [1.165, 1.54) is 6.07 Å². The van der Waals surface area contributed by atoms with Crippen LogP contribution < -0.4 is 10.6 Å². The Morgan fingerprint density at radius 2 is 2.05 bits per heavy atom. The SMILES string of the molecule is Cc1ccc(Cl)cc1NC(=O)CNc1ccc(F)c(Br)c1. The van der Waals surface area contributed by atoms with E-state index in [4.69, 9.17) is 11.6 Å². The molecule has 6 heteroatoms. The van der Waals surface area contributed by atoms with Crippen LogP contribution in [0.5, 0.6) is 0 Å². The van der Waals surface area contributed by atoms with Crippen LogP contribution in [0.1, 0.15) is 5.56 Å². The van der Waals surface area contributed by atoms with Crippen molar-refractivity contribution in [3.05, 3.63) is 57.3 Å². The molecule has 3 nitrogen and oxygen atoms in total. The van der Waals surface area contributed by atoms with Gasteiger partial charge in [0.25, 0.3) is 0 Å². The van der Waals surface area contributed by atoms with Gasteiger partial charge in [0.1, 0.15) is 5.82 Å². The molecule has 1 amide bonds. The average Bonchev–Trinajstić information content (AvgIpc) is 2.44. The molecule has 110 valence electrons. The maximum Gasteiger partial charge on any atom is 0.243 e. The molecule has 2 aromatic rings. The number of aryl methyl sites for hydroxylation is 1. The number of halogens is 3. The number of rotatable bonds is 4. The topological polar surface area (TPSA) is 41.1 Å². The molecule has 0 atom stereocenters. The molecule has 2 aromatic carbocycles. The molecular weight excluding hydrogens is 359 g/mol. The van der Waals surface area contributed by atoms with Gasteiger partial charge < -0.3 is 10.6 Å². The van der Waals surface area contributed by atoms with Crippen LogP contribution in [-0.4, -0.2) is 12.5 Å². The quantitative estimate of drug-likeness (QED) is 0.824. The van der Waals surface area contributed by atoms with Crippen molar-refractivity contribution < 1.29 is 9.18 Å². The summed E-state index contributed by atoms with van der Waals surface area (Å²) in [6.07, 6.45) is 0. The van der Waals surface area contributed by atoms with Crippen LogP contribution in [0.3, 0.4) is 0 Å². The van der Waals surface area contributed by atoms with Gasteiger partial charge in [0.15, 0.2) is 0 Å². The zero-order valence-electron chi connectivity index (χ0n) is 11.2. The Morgan fingerprint density at radius 3 is 2.76 bits per heavy atom. The Hall–Kier alpha value is -1.59. The summed E-state index contributed by atoms with van der Waals surface area (Å²) >= 11 is 8.99. The van der Waals surface area contributed by atoms with Crippen molar-refractivity contribution in [2.45, 2.75) is 6.92 Å². The van der Waals surface area contributed by atoms with Crippen molar-refractivity contribution in [2.75, 3.05) is 17.2 Å². The highest BCUT2D eigenvalue weighted by Crippen LogP contribution is 2.21. The number of nitrogens with one attached hydrogen (secondary N) is 2. The number of benzene rings is 2. The second-order valence-corrected chi connectivity index (χ2v) is 5.78. The molecule has 0 saturated carbocycles. The number of carbonyl (C=O) groups is 1. The van der Waals surface area contributed by atoms with Crippen molar-refractivity contribution in [1.82, 2.24) is 0 Å². The van der Waals surface area contributed by atoms with Gasteiger partial charge >= 0.3 is 0 Å². The molecule has 0 bridgehead atoms. The van der Waals surface area contributed by atoms with Gasteiger partial charge in [-0.3, -0.25) is 4.79 Å². The number of anilines is 2. The fourth-order valence-corrected chi connectivity index (χ4v) is 2.26. The highest BCUT2D eigenvalue weighted by Gasteiger charge is 2.06. The molecule has 0 fully saturated rings. The van der Waals surface area contributed by atoms with E-state index in [1.807, 2.05) is 13.0 Å². The van der Waals surface area contributed by atoms with E-state index in [1.54, 1.807) is 24.3 Å². The lowest BCUT2D eigenvalue weighted by atomic mass is 10.2. The van der Waals surface area contributed by atoms with Crippen LogP contribution in [-0.2, 0) is 4.79 Å². The molecule has 0 unspecified atom stereocenters. The Bertz CT molecular complexity index is 679. The summed E-state index contributed by atoms with van der Waals surface area (Å²) in [6, 6.07) is 9.77. The highest BCUT2D eigenvalue weighted by molar-refractivity contribution is 9.10. The van der Waals surface area contributed by atoms with Gasteiger partial charge in [-0.15, -0.1) is 0 Å². The highest BCUT2D eigenvalue weighted by atomic mass is 79.9. The molecule has 0 spiro atoms. The number of carbonyl (C=O) groups excluding carboxylic acids is 1. The standard InChI is InChI=1S/C15H13BrClFN2O/c1-9-2-3-10(17)6-14(9)20-15(21)8-19-11-4-5-13(18)12(16)7-11/h2-7,19H,8H2,1H3,(H,20,21). The minimum absolute atomic E-state index is 0.0734. The van der Waals surface area contributed by atoms with Crippen molar-refractivity contribution in [2.24, 2.45) is 0 Å². The van der Waals surface area contributed by atoms with Crippen molar-refractivity contribution in [1.29, 1.82) is 0 Å². The normalized spacial score (nSPS) is 10.3. The summed E-state index contributed by atoms with van der Waals surface area (Å²) in [5, 5.41) is 6.26. The Labute approximate surface area is 135 Å². The van der Waals surface area contributed by atoms with Crippen LogP contribution in [0.15, 0.2) is 40.9 Å². The molecule has 0 heterocycles. The first-order valence-electron chi connectivity index (χ1n) is 6.20. The van der Waals surface area contributed by atoms with E-state index >= 15 is 0 Å². The first-order chi connectivity index (χ1) is 9.95. The molecule has 0 radical (unpaired) electrons. The van der Waals surface area contributed by atoms with Gasteiger partial charge in [-0.2, -0.15) is 0 Å². The molecule has 0 aliphatic heterocycles. The molecule has 21 heavy (non-hydrogen) atoms. The Balaban J connectivity index is 1.95. The molecule has 0 aromatic heterocycles. The third-order valence-corrected chi connectivity index (χ3v) is 3.69. The average molecular weight is 372 g/mol. The van der Waals surface area contributed by atoms with E-state index in [2.05, 4.69) is 26.6 Å². The fraction of sp³-hybridized carbons (Fsp3) is 0.133. The molecule has 0 aliphatic carbocycles. The third kappa shape index (κ3) is 4.44. The number of amides is 1. The second-order valence-electron chi connectivity index (χ2n) is 4.49. The van der Waals surface area contributed by atoms with Gasteiger partial charge in [0, 0.05) is 16.4 Å². The van der Waals surface area contributed by atoms with Gasteiger partial charge in [-0.1, -0.05) is 17.7 Å². The molecule has 0 aliphatic rings. The summed E-state index contributed by atoms with van der Waals surface area (Å²) in [5.74, 6) is -0.555. The molecule has 2 N–H and O–H groups in total. The predicted octanol–water partition coefficient (Wildman–Crippen LogP) is 4.60. The molecule has 2 rings (SSSR count). The van der Waals surface area contributed by atoms with Crippen LogP contribution >= 0.6 is 27.5 Å². The fourth-order valence-electron chi connectivity index (χ4n) is 1.71. The summed E-state index contributed by atoms with van der Waals surface area (Å²) < 4.78 is 13.4. The third-order valence-electron chi connectivity index (χ3n) is 2.85. The van der Waals surface area contributed by atoms with Gasteiger partial charge in [-0.25, -0.2) is 4.39 Å². The summed E-state index contributed by atoms with van der Waals surface area (Å²) in [4.78, 5) is 11.9. The summed E-state index contributed by atoms with van der Waals surface area (Å²) in [7, 11) is 0. The van der Waals surface area contributed by atoms with E-state index in [-0.39, 0.29) is 18.3 Å². The first kappa shape index (κ1) is 15.8. The van der Waals surface area contributed by atoms with Gasteiger partial charge in [-0.05, 0) is 58.7 Å². The maximum atomic E-state index is 13.1. The minimum Gasteiger partial charge on any atom is -0.376 e. The number of hydrogen-bond acceptors (Lipinski definition) is 2. The lowest BCUT2D eigenvalue weighted by molar-refractivity contribution is -0.114. The predicted molar refractivity (Wildman–Crippen MR) is 87.4 cm³/mol. The van der Waals surface area contributed by atoms with Crippen LogP contribution in [0.4, 0.5) is 15.8 Å². The van der Waals surface area contributed by atoms with E-state index in [0.717, 1.165) is 5.56 Å². The first-order valence-corrected chi connectivity index (χ1v) is 7.38. The minimum atomic E-state index is -0.348. The second kappa shape index (κ2) is 6.91. The zero-order chi connectivity index (χ0) is 15.4. The Kier molecular flexibility index (Phi) is 5.20. The number of hydrogen-bond donors (Lipinski definition) is 2. The Morgan fingerprint density at radius 1 is 1.29 bits per heavy atom. The largest absolute Gasteiger partial charge is 0.376 e. The molecule has 0 saturated heterocycles. The maximum absolute atomic E-state index is 13.1. The van der Waals surface area contributed by atoms with E-state index in [9.17, 15) is 9.18 Å². The van der Waals surface area contributed by atoms with Gasteiger partial charge in [0.2, 0.25) is 5.91 Å². The van der Waals surface area contributed by atoms with Gasteiger partial charge in [0.05, 0.1) is 11.0 Å². The zero-order valence-corrected chi connectivity index (χ0v) is 13.6. The lowest BCUT2D eigenvalue weighted by Gasteiger charge is -2.10. The smallest absolute Gasteiger partial charge is 0.243 e. The van der Waals surface area contributed by atoms with Crippen molar-refractivity contribution >= 4 is 44.8 Å². The van der Waals surface area contributed by atoms with Crippen LogP contribution in [0, 0.1) is 12.7 Å². The van der Waals surface area contributed by atoms with E-state index in [0.29, 0.717) is 20.9 Å². The van der Waals surface area contributed by atoms with Crippen molar-refractivity contribution in [3.63, 3.8) is 0 Å². The summed E-state index contributed by atoms with van der Waals surface area (Å²) in [5.41, 5.74) is 2.26. The monoisotopic (exact) mass is 370 g/mol. The van der Waals surface area contributed by atoms with Crippen LogP contribution in [0.25, 0.3) is 0 Å². The molecular formula is C15H13BrClFN2O. The van der Waals surface area contributed by atoms with Crippen molar-refractivity contribution in [3.8, 4) is 0 Å². The van der Waals surface area contributed by atoms with Crippen LogP contribution in [0.2, 0.25) is 5.02 Å². The van der Waals surface area contributed by atoms with E-state index < -0.39 is 0 Å².